The van der Waals surface area contributed by atoms with Gasteiger partial charge in [-0.3, -0.25) is 33.7 Å². The third kappa shape index (κ3) is 28.7. The monoisotopic (exact) mass is 1570 g/mol. The number of aromatic carboxylic acids is 1. The zero-order valence-corrected chi connectivity index (χ0v) is 63.4. The molecule has 0 saturated carbocycles. The molecule has 0 spiro atoms. The largest absolute Gasteiger partial charge is 0.490 e. The minimum Gasteiger partial charge on any atom is -0.490 e. The number of anilines is 1. The third-order valence-electron chi connectivity index (χ3n) is 19.2. The van der Waals surface area contributed by atoms with E-state index < -0.39 is 13.1 Å². The Bertz CT molecular complexity index is 4270. The predicted octanol–water partition coefficient (Wildman–Crippen LogP) is 16.8. The SMILES string of the molecule is N#Cc1ccc(CN2CCC(CC(=O)c3ccc(Br)cc3)CC2)cc1.N#Cc1ccc(CN2CCC(N)CC2)cc1.O=C(O)c1ccc(Br)cn1.[2H]CF.[C-]#[N+]c1ccc(OC2CCN(c3ccc(C(=O)CC4CCN(Cc5ccc(C#N)cc5)CC4)nc3)CC2)cc1.[C-]#[N+]c1ccc(OC2CCNCC2)cc1. The standard InChI is InChI=1S/C32H33N5O2.C21H21BrN2O.C13H17N3.C12H14N2O.C6H4BrNO2.CH3F/c1-34-27-6-9-29(10-7-27)39-30-14-18-37(19-15-30)28-8-11-31(35-22-28)32(38)20-24-12-16-36(17-13-24)23-26-4-2-25(21-33)3-5-26;22-20-7-5-19(6-8-20)21(25)13-16-9-11-24(12-10-16)15-18-3-1-17(14-23)2-4-18;14-9-11-1-3-12(4-2-11)10-16-7-5-13(15)6-8-16;1-13-10-2-4-11(5-3-10)15-12-6-8-14-9-7-12;7-4-1-2-5(6(9)10)8-3-4;1-2/h2-11,22,24,30H,12-20,23H2;1-8,16H,9-13,15H2;1-4,13H,5-8,10,15H2;2-5,12,14H,6-9H2;1-3H,(H,9,10);1H3/i;;;;;1D. The van der Waals surface area contributed by atoms with Gasteiger partial charge in [0.15, 0.2) is 22.9 Å². The summed E-state index contributed by atoms with van der Waals surface area (Å²) >= 11 is 6.54. The van der Waals surface area contributed by atoms with Gasteiger partial charge in [0.1, 0.15) is 35.1 Å². The van der Waals surface area contributed by atoms with Crippen molar-refractivity contribution in [2.75, 3.05) is 77.5 Å². The molecule has 0 atom stereocenters. The minimum atomic E-state index is -1.01. The number of likely N-dealkylation sites (tertiary alicyclic amines) is 3. The molecule has 4 N–H and O–H groups in total. The molecule has 8 aromatic rings. The van der Waals surface area contributed by atoms with Crippen LogP contribution in [0.3, 0.4) is 0 Å². The molecule has 5 aliphatic heterocycles. The van der Waals surface area contributed by atoms with Gasteiger partial charge in [-0.15, -0.1) is 0 Å². The van der Waals surface area contributed by atoms with E-state index in [9.17, 15) is 18.8 Å². The first-order valence-electron chi connectivity index (χ1n) is 36.8. The molecule has 22 heteroatoms. The number of carboxylic acid groups (broad SMARTS) is 1. The van der Waals surface area contributed by atoms with Crippen LogP contribution >= 0.6 is 31.9 Å². The van der Waals surface area contributed by atoms with Gasteiger partial charge in [0.25, 0.3) is 0 Å². The van der Waals surface area contributed by atoms with E-state index in [-0.39, 0.29) is 23.4 Å². The van der Waals surface area contributed by atoms with Gasteiger partial charge in [0.05, 0.1) is 68.5 Å². The second kappa shape index (κ2) is 44.8. The first kappa shape index (κ1) is 81.1. The Balaban J connectivity index is 0.000000182. The molecule has 0 unspecified atom stereocenters. The lowest BCUT2D eigenvalue weighted by Gasteiger charge is -2.33. The lowest BCUT2D eigenvalue weighted by atomic mass is 9.89. The highest BCUT2D eigenvalue weighted by Crippen LogP contribution is 2.29. The summed E-state index contributed by atoms with van der Waals surface area (Å²) in [5.41, 5.74) is 15.5. The Morgan fingerprint density at radius 1 is 0.533 bits per heavy atom. The predicted molar refractivity (Wildman–Crippen MR) is 422 cm³/mol. The van der Waals surface area contributed by atoms with E-state index in [1.54, 1.807) is 30.3 Å². The summed E-state index contributed by atoms with van der Waals surface area (Å²) in [6, 6.07) is 59.5. The van der Waals surface area contributed by atoms with Gasteiger partial charge in [0.2, 0.25) is 0 Å². The molecule has 13 rings (SSSR count). The van der Waals surface area contributed by atoms with Gasteiger partial charge >= 0.3 is 5.97 Å². The average Bonchev–Trinajstić information content (AvgIpc) is 0.849. The summed E-state index contributed by atoms with van der Waals surface area (Å²) in [6.45, 7) is 26.7. The van der Waals surface area contributed by atoms with Gasteiger partial charge < -0.3 is 30.5 Å². The molecule has 19 nitrogen and oxygen atoms in total. The zero-order chi connectivity index (χ0) is 76.8. The maximum absolute atomic E-state index is 12.9. The van der Waals surface area contributed by atoms with Crippen molar-refractivity contribution in [2.45, 2.75) is 115 Å². The first-order valence-corrected chi connectivity index (χ1v) is 37.7. The Morgan fingerprint density at radius 3 is 1.31 bits per heavy atom. The molecule has 5 saturated heterocycles. The van der Waals surface area contributed by atoms with Crippen LogP contribution in [-0.4, -0.2) is 138 Å². The number of nitriles is 3. The fourth-order valence-corrected chi connectivity index (χ4v) is 13.5. The Labute approximate surface area is 647 Å². The fourth-order valence-electron chi connectivity index (χ4n) is 13.0. The van der Waals surface area contributed by atoms with Crippen molar-refractivity contribution in [1.82, 2.24) is 30.0 Å². The summed E-state index contributed by atoms with van der Waals surface area (Å²) in [5, 5.41) is 38.2. The van der Waals surface area contributed by atoms with E-state index in [2.05, 4.69) is 94.6 Å². The molecule has 0 amide bonds. The van der Waals surface area contributed by atoms with Crippen molar-refractivity contribution in [3.8, 4) is 29.7 Å². The number of carbonyl (C=O) groups excluding carboxylic acids is 2. The van der Waals surface area contributed by atoms with Crippen LogP contribution in [-0.2, 0) is 19.6 Å². The highest BCUT2D eigenvalue weighted by atomic mass is 79.9. The number of Topliss-reactive ketones (excluding diaryl/α,β-unsaturated/α-hetero) is 2. The molecule has 0 aliphatic carbocycles. The number of pyridine rings is 2. The van der Waals surface area contributed by atoms with E-state index >= 15 is 0 Å². The van der Waals surface area contributed by atoms with Crippen molar-refractivity contribution < 1.29 is 34.7 Å². The molecule has 5 fully saturated rings. The van der Waals surface area contributed by atoms with Gasteiger partial charge in [-0.1, -0.05) is 88.7 Å². The van der Waals surface area contributed by atoms with Crippen LogP contribution in [0.1, 0.15) is 143 Å². The lowest BCUT2D eigenvalue weighted by Crippen LogP contribution is -2.39. The fraction of sp³-hybridized carbons (Fsp3) is 0.365. The van der Waals surface area contributed by atoms with Crippen molar-refractivity contribution in [2.24, 2.45) is 17.6 Å². The average molecular weight is 1570 g/mol. The number of ether oxygens (including phenoxy) is 2. The Morgan fingerprint density at radius 2 is 0.925 bits per heavy atom. The third-order valence-corrected chi connectivity index (χ3v) is 20.2. The van der Waals surface area contributed by atoms with Gasteiger partial charge in [-0.25, -0.2) is 19.5 Å². The molecule has 2 aromatic heterocycles. The van der Waals surface area contributed by atoms with Crippen LogP contribution in [0.2, 0.25) is 0 Å². The van der Waals surface area contributed by atoms with Crippen molar-refractivity contribution in [3.05, 3.63) is 264 Å². The number of carboxylic acids is 1. The van der Waals surface area contributed by atoms with Crippen molar-refractivity contribution >= 4 is 66.5 Å². The van der Waals surface area contributed by atoms with Crippen LogP contribution in [0.25, 0.3) is 9.69 Å². The highest BCUT2D eigenvalue weighted by Gasteiger charge is 2.26. The maximum Gasteiger partial charge on any atom is 0.354 e. The molecule has 107 heavy (non-hydrogen) atoms. The smallest absolute Gasteiger partial charge is 0.354 e. The number of rotatable bonds is 18. The number of hydrogen-bond acceptors (Lipinski definition) is 16. The van der Waals surface area contributed by atoms with E-state index in [0.717, 1.165) is 187 Å². The van der Waals surface area contributed by atoms with E-state index in [1.807, 2.05) is 140 Å². The summed E-state index contributed by atoms with van der Waals surface area (Å²) in [5.74, 6) is 1.92. The summed E-state index contributed by atoms with van der Waals surface area (Å²) in [4.78, 5) is 60.1. The molecule has 554 valence electrons. The Hall–Kier alpha value is -10.0. The minimum absolute atomic E-state index is 0.0585. The molecular weight excluding hydrogens is 1480 g/mol. The number of nitrogens with one attached hydrogen (secondary N) is 1. The molecule has 0 bridgehead atoms. The zero-order valence-electron chi connectivity index (χ0n) is 61.2. The number of carbonyl (C=O) groups is 3. The van der Waals surface area contributed by atoms with Gasteiger partial charge in [-0.05, 0) is 245 Å². The first-order chi connectivity index (χ1) is 52.5. The molecular formula is C85H92Br2FN13O6. The molecule has 7 heterocycles. The van der Waals surface area contributed by atoms with Gasteiger partial charge in [-0.2, -0.15) is 15.8 Å². The number of benzene rings is 6. The molecule has 5 aliphatic rings. The quantitative estimate of drug-likeness (QED) is 0.0534. The molecule has 6 aromatic carbocycles. The highest BCUT2D eigenvalue weighted by molar-refractivity contribution is 9.10. The second-order valence-corrected chi connectivity index (χ2v) is 28.7. The van der Waals surface area contributed by atoms with Crippen molar-refractivity contribution in [1.29, 1.82) is 15.8 Å². The number of alkyl halides is 1. The maximum atomic E-state index is 12.9. The van der Waals surface area contributed by atoms with E-state index in [1.165, 1.54) is 29.0 Å². The number of nitrogens with two attached hydrogens (primary N) is 1. The molecule has 0 radical (unpaired) electrons. The van der Waals surface area contributed by atoms with Crippen LogP contribution in [0.4, 0.5) is 21.5 Å². The number of ketones is 2. The second-order valence-electron chi connectivity index (χ2n) is 26.9. The van der Waals surface area contributed by atoms with Crippen LogP contribution in [0.15, 0.2) is 191 Å². The summed E-state index contributed by atoms with van der Waals surface area (Å²) in [7, 11) is -1.00. The Kier molecular flexibility index (Phi) is 34.0. The normalized spacial score (nSPS) is 16.0. The number of halogens is 3. The van der Waals surface area contributed by atoms with Crippen molar-refractivity contribution in [3.63, 3.8) is 0 Å². The number of piperidine rings is 5. The van der Waals surface area contributed by atoms with Gasteiger partial charge in [0, 0.05) is 85.2 Å². The number of aromatic nitrogens is 2. The van der Waals surface area contributed by atoms with E-state index in [4.69, 9.17) is 50.6 Å². The topological polar surface area (TPSA) is 247 Å². The number of nitrogens with zero attached hydrogens (tertiary/aromatic N) is 11. The number of hydrogen-bond donors (Lipinski definition) is 3. The van der Waals surface area contributed by atoms with Crippen LogP contribution < -0.4 is 25.4 Å². The summed E-state index contributed by atoms with van der Waals surface area (Å²) in [6.07, 6.45) is 15.3. The van der Waals surface area contributed by atoms with E-state index in [0.29, 0.717) is 65.0 Å². The van der Waals surface area contributed by atoms with Crippen LogP contribution in [0.5, 0.6) is 11.5 Å². The van der Waals surface area contributed by atoms with Crippen LogP contribution in [0, 0.1) is 59.0 Å². The summed E-state index contributed by atoms with van der Waals surface area (Å²) < 4.78 is 29.2. The lowest BCUT2D eigenvalue weighted by molar-refractivity contribution is 0.0689.